The van der Waals surface area contributed by atoms with Crippen LogP contribution >= 0.6 is 0 Å². The first-order chi connectivity index (χ1) is 11.9. The molecule has 0 fully saturated rings. The van der Waals surface area contributed by atoms with Crippen molar-refractivity contribution in [2.45, 2.75) is 18.6 Å². The molecule has 1 N–H and O–H groups in total. The van der Waals surface area contributed by atoms with Crippen LogP contribution in [0.2, 0.25) is 0 Å². The second-order valence-electron chi connectivity index (χ2n) is 5.87. The van der Waals surface area contributed by atoms with Gasteiger partial charge in [-0.25, -0.2) is 18.0 Å². The molecule has 0 aliphatic carbocycles. The third-order valence-corrected chi connectivity index (χ3v) is 4.23. The van der Waals surface area contributed by atoms with Crippen LogP contribution in [0.15, 0.2) is 47.3 Å². The Labute approximate surface area is 139 Å². The number of fused-ring (bicyclic) bond motifs is 1. The van der Waals surface area contributed by atoms with Crippen molar-refractivity contribution in [3.8, 4) is 5.69 Å². The Hall–Kier alpha value is -2.87. The normalized spacial score (nSPS) is 19.2. The van der Waals surface area contributed by atoms with Crippen LogP contribution < -0.4 is 5.69 Å². The van der Waals surface area contributed by atoms with Crippen molar-refractivity contribution in [1.29, 1.82) is 0 Å². The Kier molecular flexibility index (Phi) is 3.50. The number of benzene rings is 2. The first kappa shape index (κ1) is 15.6. The largest absolute Gasteiger partial charge is 0.385 e. The molecule has 25 heavy (non-hydrogen) atoms. The molecule has 2 unspecified atom stereocenters. The molecular weight excluding hydrogens is 335 g/mol. The van der Waals surface area contributed by atoms with Gasteiger partial charge in [-0.3, -0.25) is 4.57 Å². The highest BCUT2D eigenvalue weighted by molar-refractivity contribution is 5.32. The fourth-order valence-electron chi connectivity index (χ4n) is 3.14. The minimum Gasteiger partial charge on any atom is -0.385 e. The average molecular weight is 347 g/mol. The summed E-state index contributed by atoms with van der Waals surface area (Å²) in [5.74, 6) is -1.89. The number of aliphatic hydroxyl groups excluding tert-OH is 1. The molecule has 128 valence electrons. The third kappa shape index (κ3) is 2.54. The maximum Gasteiger partial charge on any atom is 0.351 e. The summed E-state index contributed by atoms with van der Waals surface area (Å²) in [5.41, 5.74) is -0.0199. The SMILES string of the molecule is O=c1n(-c2ccc(F)cc2)nc2n1C(c1cc(F)cc(F)c1)CC2O. The number of aromatic nitrogens is 3. The second kappa shape index (κ2) is 5.59. The molecule has 8 heteroatoms. The van der Waals surface area contributed by atoms with Crippen LogP contribution in [0.4, 0.5) is 13.2 Å². The van der Waals surface area contributed by atoms with Crippen molar-refractivity contribution >= 4 is 0 Å². The van der Waals surface area contributed by atoms with Crippen LogP contribution in [0.25, 0.3) is 5.69 Å². The molecule has 0 amide bonds. The number of hydrogen-bond acceptors (Lipinski definition) is 3. The molecule has 0 saturated heterocycles. The average Bonchev–Trinajstić information content (AvgIpc) is 3.06. The van der Waals surface area contributed by atoms with E-state index in [0.717, 1.165) is 22.9 Å². The molecule has 1 aromatic heterocycles. The standard InChI is InChI=1S/C17H12F3N3O2/c18-10-1-3-13(4-2-10)23-17(25)22-14(8-15(24)16(22)21-23)9-5-11(19)7-12(20)6-9/h1-7,14-15,24H,8H2. The molecule has 2 aromatic carbocycles. The van der Waals surface area contributed by atoms with Gasteiger partial charge < -0.3 is 5.11 Å². The van der Waals surface area contributed by atoms with E-state index in [1.165, 1.54) is 28.8 Å². The highest BCUT2D eigenvalue weighted by atomic mass is 19.1. The first-order valence-corrected chi connectivity index (χ1v) is 7.55. The van der Waals surface area contributed by atoms with Gasteiger partial charge in [0.05, 0.1) is 11.7 Å². The Morgan fingerprint density at radius 3 is 2.28 bits per heavy atom. The monoisotopic (exact) mass is 347 g/mol. The molecular formula is C17H12F3N3O2. The zero-order valence-electron chi connectivity index (χ0n) is 12.7. The van der Waals surface area contributed by atoms with Gasteiger partial charge in [-0.05, 0) is 42.0 Å². The molecule has 0 radical (unpaired) electrons. The number of nitrogens with zero attached hydrogens (tertiary/aromatic N) is 3. The van der Waals surface area contributed by atoms with E-state index in [0.29, 0.717) is 5.69 Å². The van der Waals surface area contributed by atoms with E-state index in [2.05, 4.69) is 5.10 Å². The van der Waals surface area contributed by atoms with Gasteiger partial charge in [0.2, 0.25) is 0 Å². The van der Waals surface area contributed by atoms with Gasteiger partial charge in [0.1, 0.15) is 23.6 Å². The van der Waals surface area contributed by atoms with Gasteiger partial charge in [0.15, 0.2) is 5.82 Å². The van der Waals surface area contributed by atoms with Crippen molar-refractivity contribution in [1.82, 2.24) is 14.3 Å². The van der Waals surface area contributed by atoms with Crippen molar-refractivity contribution in [3.63, 3.8) is 0 Å². The summed E-state index contributed by atoms with van der Waals surface area (Å²) in [7, 11) is 0. The van der Waals surface area contributed by atoms with Crippen molar-refractivity contribution in [2.75, 3.05) is 0 Å². The van der Waals surface area contributed by atoms with Gasteiger partial charge in [-0.1, -0.05) is 0 Å². The van der Waals surface area contributed by atoms with Crippen LogP contribution in [0, 0.1) is 17.5 Å². The molecule has 0 bridgehead atoms. The summed E-state index contributed by atoms with van der Waals surface area (Å²) >= 11 is 0. The molecule has 0 saturated carbocycles. The highest BCUT2D eigenvalue weighted by Crippen LogP contribution is 2.36. The van der Waals surface area contributed by atoms with E-state index < -0.39 is 35.3 Å². The molecule has 5 nitrogen and oxygen atoms in total. The Morgan fingerprint density at radius 1 is 1.00 bits per heavy atom. The highest BCUT2D eigenvalue weighted by Gasteiger charge is 2.36. The molecule has 4 rings (SSSR count). The maximum atomic E-state index is 13.5. The van der Waals surface area contributed by atoms with E-state index in [-0.39, 0.29) is 17.8 Å². The van der Waals surface area contributed by atoms with E-state index in [1.54, 1.807) is 0 Å². The van der Waals surface area contributed by atoms with Gasteiger partial charge in [-0.15, -0.1) is 5.10 Å². The van der Waals surface area contributed by atoms with Crippen LogP contribution in [0.1, 0.15) is 30.0 Å². The first-order valence-electron chi connectivity index (χ1n) is 7.55. The van der Waals surface area contributed by atoms with Gasteiger partial charge in [0, 0.05) is 12.5 Å². The summed E-state index contributed by atoms with van der Waals surface area (Å²) in [6, 6.07) is 7.36. The minimum absolute atomic E-state index is 0.0880. The maximum absolute atomic E-state index is 13.5. The third-order valence-electron chi connectivity index (χ3n) is 4.23. The fourth-order valence-corrected chi connectivity index (χ4v) is 3.14. The van der Waals surface area contributed by atoms with Gasteiger partial charge in [0.25, 0.3) is 0 Å². The van der Waals surface area contributed by atoms with E-state index in [4.69, 9.17) is 0 Å². The zero-order chi connectivity index (χ0) is 17.7. The minimum atomic E-state index is -1.05. The van der Waals surface area contributed by atoms with Crippen LogP contribution in [0.5, 0.6) is 0 Å². The number of aliphatic hydroxyl groups is 1. The molecule has 2 atom stereocenters. The summed E-state index contributed by atoms with van der Waals surface area (Å²) in [6.07, 6.45) is -0.962. The number of hydrogen-bond donors (Lipinski definition) is 1. The lowest BCUT2D eigenvalue weighted by Gasteiger charge is -2.13. The van der Waals surface area contributed by atoms with E-state index in [1.807, 2.05) is 0 Å². The topological polar surface area (TPSA) is 60.0 Å². The molecule has 1 aliphatic heterocycles. The predicted molar refractivity (Wildman–Crippen MR) is 81.9 cm³/mol. The quantitative estimate of drug-likeness (QED) is 0.775. The lowest BCUT2D eigenvalue weighted by Crippen LogP contribution is -2.26. The van der Waals surface area contributed by atoms with Gasteiger partial charge >= 0.3 is 5.69 Å². The van der Waals surface area contributed by atoms with Crippen LogP contribution in [0.3, 0.4) is 0 Å². The summed E-state index contributed by atoms with van der Waals surface area (Å²) in [6.45, 7) is 0. The van der Waals surface area contributed by atoms with E-state index in [9.17, 15) is 23.1 Å². The lowest BCUT2D eigenvalue weighted by molar-refractivity contribution is 0.170. The number of rotatable bonds is 2. The molecule has 2 heterocycles. The van der Waals surface area contributed by atoms with E-state index >= 15 is 0 Å². The van der Waals surface area contributed by atoms with Gasteiger partial charge in [-0.2, -0.15) is 4.68 Å². The molecule has 0 spiro atoms. The van der Waals surface area contributed by atoms with Crippen LogP contribution in [-0.4, -0.2) is 19.5 Å². The molecule has 3 aromatic rings. The summed E-state index contributed by atoms with van der Waals surface area (Å²) < 4.78 is 42.3. The Bertz CT molecular complexity index is 991. The van der Waals surface area contributed by atoms with Crippen molar-refractivity contribution < 1.29 is 18.3 Å². The summed E-state index contributed by atoms with van der Waals surface area (Å²) in [5, 5.41) is 14.3. The Morgan fingerprint density at radius 2 is 1.64 bits per heavy atom. The smallest absolute Gasteiger partial charge is 0.351 e. The van der Waals surface area contributed by atoms with Crippen molar-refractivity contribution in [2.24, 2.45) is 0 Å². The second-order valence-corrected chi connectivity index (χ2v) is 5.87. The Balaban J connectivity index is 1.85. The zero-order valence-corrected chi connectivity index (χ0v) is 12.7. The van der Waals surface area contributed by atoms with Crippen LogP contribution in [-0.2, 0) is 0 Å². The van der Waals surface area contributed by atoms with Crippen molar-refractivity contribution in [3.05, 3.63) is 81.8 Å². The lowest BCUT2D eigenvalue weighted by atomic mass is 10.0. The molecule has 1 aliphatic rings. The predicted octanol–water partition coefficient (Wildman–Crippen LogP) is 2.48. The fraction of sp³-hybridized carbons (Fsp3) is 0.176. The number of halogens is 3. The summed E-state index contributed by atoms with van der Waals surface area (Å²) in [4.78, 5) is 12.7.